The summed E-state index contributed by atoms with van der Waals surface area (Å²) in [4.78, 5) is 0. The van der Waals surface area contributed by atoms with Crippen LogP contribution in [0.3, 0.4) is 0 Å². The predicted octanol–water partition coefficient (Wildman–Crippen LogP) is 1.54. The fourth-order valence-corrected chi connectivity index (χ4v) is 1.48. The molecule has 66 valence electrons. The minimum Gasteiger partial charge on any atom is -0.377 e. The van der Waals surface area contributed by atoms with Gasteiger partial charge in [-0.25, -0.2) is 0 Å². The lowest BCUT2D eigenvalue weighted by Gasteiger charge is -2.24. The van der Waals surface area contributed by atoms with Crippen molar-refractivity contribution < 1.29 is 4.74 Å². The summed E-state index contributed by atoms with van der Waals surface area (Å²) in [5.41, 5.74) is 6.20. The molecule has 1 heterocycles. The standard InChI is InChI=1S/C9H19NO/c1-9(2,3)6-8-7(10)4-5-11-8/h7-8H,4-6,10H2,1-3H3. The summed E-state index contributed by atoms with van der Waals surface area (Å²) < 4.78 is 5.52. The molecule has 1 saturated heterocycles. The van der Waals surface area contributed by atoms with Gasteiger partial charge in [-0.1, -0.05) is 20.8 Å². The van der Waals surface area contributed by atoms with E-state index in [2.05, 4.69) is 20.8 Å². The van der Waals surface area contributed by atoms with Gasteiger partial charge in [0.1, 0.15) is 0 Å². The van der Waals surface area contributed by atoms with Crippen LogP contribution in [0.25, 0.3) is 0 Å². The first-order chi connectivity index (χ1) is 4.99. The Morgan fingerprint density at radius 2 is 2.09 bits per heavy atom. The Kier molecular flexibility index (Phi) is 2.55. The van der Waals surface area contributed by atoms with Crippen molar-refractivity contribution in [1.82, 2.24) is 0 Å². The fourth-order valence-electron chi connectivity index (χ4n) is 1.48. The molecule has 1 aliphatic heterocycles. The number of nitrogens with two attached hydrogens (primary N) is 1. The van der Waals surface area contributed by atoms with Crippen molar-refractivity contribution in [3.63, 3.8) is 0 Å². The topological polar surface area (TPSA) is 35.2 Å². The zero-order chi connectivity index (χ0) is 8.48. The largest absolute Gasteiger partial charge is 0.377 e. The van der Waals surface area contributed by atoms with Gasteiger partial charge in [0.15, 0.2) is 0 Å². The van der Waals surface area contributed by atoms with Gasteiger partial charge in [-0.3, -0.25) is 0 Å². The number of hydrogen-bond acceptors (Lipinski definition) is 2. The van der Waals surface area contributed by atoms with Gasteiger partial charge >= 0.3 is 0 Å². The molecule has 2 unspecified atom stereocenters. The molecule has 0 bridgehead atoms. The lowest BCUT2D eigenvalue weighted by molar-refractivity contribution is 0.0696. The molecule has 0 aromatic rings. The van der Waals surface area contributed by atoms with E-state index in [9.17, 15) is 0 Å². The van der Waals surface area contributed by atoms with E-state index in [4.69, 9.17) is 10.5 Å². The Morgan fingerprint density at radius 1 is 1.45 bits per heavy atom. The third-order valence-corrected chi connectivity index (χ3v) is 2.07. The van der Waals surface area contributed by atoms with Gasteiger partial charge in [-0.05, 0) is 18.3 Å². The van der Waals surface area contributed by atoms with Gasteiger partial charge in [0.2, 0.25) is 0 Å². The monoisotopic (exact) mass is 157 g/mol. The normalized spacial score (nSPS) is 32.7. The van der Waals surface area contributed by atoms with E-state index in [-0.39, 0.29) is 6.04 Å². The average molecular weight is 157 g/mol. The molecule has 0 aromatic heterocycles. The van der Waals surface area contributed by atoms with Crippen LogP contribution >= 0.6 is 0 Å². The van der Waals surface area contributed by atoms with Crippen molar-refractivity contribution in [2.24, 2.45) is 11.1 Å². The van der Waals surface area contributed by atoms with E-state index in [1.807, 2.05) is 0 Å². The van der Waals surface area contributed by atoms with E-state index in [1.165, 1.54) is 0 Å². The van der Waals surface area contributed by atoms with Crippen LogP contribution in [0.15, 0.2) is 0 Å². The van der Waals surface area contributed by atoms with Gasteiger partial charge in [0.05, 0.1) is 6.10 Å². The maximum atomic E-state index is 5.86. The summed E-state index contributed by atoms with van der Waals surface area (Å²) in [7, 11) is 0. The second-order valence-corrected chi connectivity index (χ2v) is 4.63. The summed E-state index contributed by atoms with van der Waals surface area (Å²) in [5, 5.41) is 0. The number of hydrogen-bond donors (Lipinski definition) is 1. The van der Waals surface area contributed by atoms with Crippen LogP contribution < -0.4 is 5.73 Å². The predicted molar refractivity (Wildman–Crippen MR) is 46.4 cm³/mol. The highest BCUT2D eigenvalue weighted by atomic mass is 16.5. The van der Waals surface area contributed by atoms with Crippen LogP contribution in [0.5, 0.6) is 0 Å². The first kappa shape index (κ1) is 9.01. The molecule has 1 aliphatic rings. The molecular formula is C9H19NO. The lowest BCUT2D eigenvalue weighted by atomic mass is 9.87. The minimum absolute atomic E-state index is 0.272. The van der Waals surface area contributed by atoms with Gasteiger partial charge in [-0.15, -0.1) is 0 Å². The molecule has 2 heteroatoms. The Hall–Kier alpha value is -0.0800. The fraction of sp³-hybridized carbons (Fsp3) is 1.00. The Balaban J connectivity index is 2.37. The van der Waals surface area contributed by atoms with Crippen LogP contribution in [0.2, 0.25) is 0 Å². The van der Waals surface area contributed by atoms with Crippen LogP contribution in [0, 0.1) is 5.41 Å². The summed E-state index contributed by atoms with van der Waals surface area (Å²) in [6.45, 7) is 7.52. The first-order valence-electron chi connectivity index (χ1n) is 4.36. The van der Waals surface area contributed by atoms with Gasteiger partial charge in [-0.2, -0.15) is 0 Å². The quantitative estimate of drug-likeness (QED) is 0.626. The molecule has 0 aliphatic carbocycles. The van der Waals surface area contributed by atoms with E-state index < -0.39 is 0 Å². The highest BCUT2D eigenvalue weighted by Gasteiger charge is 2.28. The molecule has 0 amide bonds. The third-order valence-electron chi connectivity index (χ3n) is 2.07. The molecule has 0 radical (unpaired) electrons. The number of rotatable bonds is 1. The summed E-state index contributed by atoms with van der Waals surface area (Å²) in [5.74, 6) is 0. The molecule has 2 atom stereocenters. The van der Waals surface area contributed by atoms with Crippen molar-refractivity contribution >= 4 is 0 Å². The van der Waals surface area contributed by atoms with E-state index in [0.29, 0.717) is 11.5 Å². The smallest absolute Gasteiger partial charge is 0.0731 e. The van der Waals surface area contributed by atoms with Crippen molar-refractivity contribution in [3.05, 3.63) is 0 Å². The lowest BCUT2D eigenvalue weighted by Crippen LogP contribution is -2.33. The molecular weight excluding hydrogens is 138 g/mol. The van der Waals surface area contributed by atoms with Crippen LogP contribution in [-0.4, -0.2) is 18.8 Å². The maximum Gasteiger partial charge on any atom is 0.0731 e. The zero-order valence-corrected chi connectivity index (χ0v) is 7.76. The van der Waals surface area contributed by atoms with Crippen LogP contribution in [0.1, 0.15) is 33.6 Å². The number of ether oxygens (including phenoxy) is 1. The molecule has 2 N–H and O–H groups in total. The SMILES string of the molecule is CC(C)(C)CC1OCCC1N. The van der Waals surface area contributed by atoms with Gasteiger partial charge in [0.25, 0.3) is 0 Å². The second kappa shape index (κ2) is 3.11. The summed E-state index contributed by atoms with van der Waals surface area (Å²) >= 11 is 0. The Labute approximate surface area is 69.1 Å². The van der Waals surface area contributed by atoms with Crippen LogP contribution in [-0.2, 0) is 4.74 Å². The van der Waals surface area contributed by atoms with E-state index in [0.717, 1.165) is 19.4 Å². The first-order valence-corrected chi connectivity index (χ1v) is 4.36. The van der Waals surface area contributed by atoms with Crippen molar-refractivity contribution in [2.45, 2.75) is 45.8 Å². The average Bonchev–Trinajstić information content (AvgIpc) is 2.12. The van der Waals surface area contributed by atoms with E-state index in [1.54, 1.807) is 0 Å². The minimum atomic E-state index is 0.272. The third kappa shape index (κ3) is 2.80. The molecule has 1 fully saturated rings. The highest BCUT2D eigenvalue weighted by Crippen LogP contribution is 2.26. The van der Waals surface area contributed by atoms with E-state index >= 15 is 0 Å². The van der Waals surface area contributed by atoms with Gasteiger partial charge in [0, 0.05) is 12.6 Å². The summed E-state index contributed by atoms with van der Waals surface area (Å²) in [6, 6.07) is 0.272. The Morgan fingerprint density at radius 3 is 2.45 bits per heavy atom. The van der Waals surface area contributed by atoms with Crippen LogP contribution in [0.4, 0.5) is 0 Å². The van der Waals surface area contributed by atoms with Crippen molar-refractivity contribution in [1.29, 1.82) is 0 Å². The molecule has 2 nitrogen and oxygen atoms in total. The summed E-state index contributed by atoms with van der Waals surface area (Å²) in [6.07, 6.45) is 2.41. The second-order valence-electron chi connectivity index (χ2n) is 4.63. The molecule has 1 rings (SSSR count). The molecule has 0 spiro atoms. The molecule has 11 heavy (non-hydrogen) atoms. The van der Waals surface area contributed by atoms with Crippen molar-refractivity contribution in [3.8, 4) is 0 Å². The zero-order valence-electron chi connectivity index (χ0n) is 7.76. The molecule has 0 aromatic carbocycles. The van der Waals surface area contributed by atoms with Crippen molar-refractivity contribution in [2.75, 3.05) is 6.61 Å². The highest BCUT2D eigenvalue weighted by molar-refractivity contribution is 4.82. The van der Waals surface area contributed by atoms with Gasteiger partial charge < -0.3 is 10.5 Å². The Bertz CT molecular complexity index is 128. The molecule has 0 saturated carbocycles. The maximum absolute atomic E-state index is 5.86.